The highest BCUT2D eigenvalue weighted by Crippen LogP contribution is 2.27. The number of carbonyl (C=O) groups excluding carboxylic acids is 1. The largest absolute Gasteiger partial charge is 0.436 e. The zero-order valence-electron chi connectivity index (χ0n) is 18.7. The molecule has 0 spiro atoms. The minimum Gasteiger partial charge on any atom is -0.436 e. The molecule has 0 bridgehead atoms. The van der Waals surface area contributed by atoms with Gasteiger partial charge in [-0.1, -0.05) is 30.3 Å². The van der Waals surface area contributed by atoms with Gasteiger partial charge in [0.25, 0.3) is 5.91 Å². The number of hydrogen-bond donors (Lipinski definition) is 1. The smallest absolute Gasteiger partial charge is 0.344 e. The van der Waals surface area contributed by atoms with Crippen LogP contribution in [0.4, 0.5) is 10.1 Å². The maximum atomic E-state index is 13.2. The monoisotopic (exact) mass is 476 g/mol. The van der Waals surface area contributed by atoms with Crippen molar-refractivity contribution >= 4 is 33.7 Å². The van der Waals surface area contributed by atoms with Crippen LogP contribution < -0.4 is 10.9 Å². The number of anilines is 1. The second-order valence-corrected chi connectivity index (χ2v) is 8.23. The lowest BCUT2D eigenvalue weighted by molar-refractivity contribution is 0.102. The van der Waals surface area contributed by atoms with E-state index in [4.69, 9.17) is 8.83 Å². The summed E-state index contributed by atoms with van der Waals surface area (Å²) in [6.07, 6.45) is 0. The quantitative estimate of drug-likeness (QED) is 0.288. The summed E-state index contributed by atoms with van der Waals surface area (Å²) < 4.78 is 24.4. The van der Waals surface area contributed by atoms with Crippen molar-refractivity contribution in [1.29, 1.82) is 0 Å². The molecule has 2 heterocycles. The van der Waals surface area contributed by atoms with Crippen molar-refractivity contribution in [2.24, 2.45) is 0 Å². The average Bonchev–Trinajstić information content (AvgIpc) is 3.32. The van der Waals surface area contributed by atoms with Gasteiger partial charge < -0.3 is 14.2 Å². The SMILES string of the molecule is O=C(Nc1ccc2oc(-c3ccc(F)cc3)nc2c1)c1ccc(-c2cc3ccccc3oc2=O)cc1. The Morgan fingerprint density at radius 1 is 0.778 bits per heavy atom. The zero-order valence-corrected chi connectivity index (χ0v) is 18.7. The van der Waals surface area contributed by atoms with E-state index < -0.39 is 5.63 Å². The number of nitrogens with one attached hydrogen (secondary N) is 1. The Kier molecular flexibility index (Phi) is 5.15. The first kappa shape index (κ1) is 21.5. The fraction of sp³-hybridized carbons (Fsp3) is 0. The number of carbonyl (C=O) groups is 1. The predicted octanol–water partition coefficient (Wildman–Crippen LogP) is 6.66. The van der Waals surface area contributed by atoms with E-state index >= 15 is 0 Å². The summed E-state index contributed by atoms with van der Waals surface area (Å²) in [6.45, 7) is 0. The molecule has 174 valence electrons. The molecule has 0 aliphatic carbocycles. The van der Waals surface area contributed by atoms with Crippen molar-refractivity contribution in [3.05, 3.63) is 119 Å². The maximum Gasteiger partial charge on any atom is 0.344 e. The van der Waals surface area contributed by atoms with Crippen LogP contribution in [0.5, 0.6) is 0 Å². The molecule has 0 atom stereocenters. The van der Waals surface area contributed by atoms with Crippen LogP contribution in [0, 0.1) is 5.82 Å². The van der Waals surface area contributed by atoms with Gasteiger partial charge in [-0.25, -0.2) is 14.2 Å². The topological polar surface area (TPSA) is 85.3 Å². The Morgan fingerprint density at radius 2 is 1.53 bits per heavy atom. The molecule has 1 N–H and O–H groups in total. The second-order valence-electron chi connectivity index (χ2n) is 8.23. The molecular formula is C29H17FN2O4. The van der Waals surface area contributed by atoms with Crippen molar-refractivity contribution in [2.45, 2.75) is 0 Å². The van der Waals surface area contributed by atoms with Crippen LogP contribution in [-0.2, 0) is 0 Å². The molecule has 0 fully saturated rings. The number of halogens is 1. The average molecular weight is 476 g/mol. The standard InChI is InChI=1S/C29H17FN2O4/c30-21-11-9-19(10-12-21)28-32-24-16-22(13-14-26(24)35-28)31-27(33)18-7-5-17(6-8-18)23-15-20-3-1-2-4-25(20)36-29(23)34/h1-16H,(H,31,33). The van der Waals surface area contributed by atoms with Crippen molar-refractivity contribution in [1.82, 2.24) is 4.98 Å². The molecule has 0 saturated heterocycles. The summed E-state index contributed by atoms with van der Waals surface area (Å²) in [6, 6.07) is 26.8. The Balaban J connectivity index is 1.22. The molecular weight excluding hydrogens is 459 g/mol. The van der Waals surface area contributed by atoms with Crippen LogP contribution in [0.3, 0.4) is 0 Å². The molecule has 2 aromatic heterocycles. The van der Waals surface area contributed by atoms with E-state index in [1.165, 1.54) is 12.1 Å². The van der Waals surface area contributed by atoms with Gasteiger partial charge in [0.1, 0.15) is 16.9 Å². The van der Waals surface area contributed by atoms with E-state index in [1.807, 2.05) is 18.2 Å². The Labute approximate surface area is 203 Å². The minimum absolute atomic E-state index is 0.311. The normalized spacial score (nSPS) is 11.1. The summed E-state index contributed by atoms with van der Waals surface area (Å²) in [5.41, 5.74) is 3.90. The molecule has 7 heteroatoms. The Morgan fingerprint density at radius 3 is 2.33 bits per heavy atom. The van der Waals surface area contributed by atoms with Gasteiger partial charge in [-0.3, -0.25) is 4.79 Å². The third-order valence-corrected chi connectivity index (χ3v) is 5.84. The minimum atomic E-state index is -0.438. The molecule has 0 saturated carbocycles. The lowest BCUT2D eigenvalue weighted by atomic mass is 10.0. The van der Waals surface area contributed by atoms with Gasteiger partial charge in [0.15, 0.2) is 5.58 Å². The first-order valence-corrected chi connectivity index (χ1v) is 11.1. The van der Waals surface area contributed by atoms with E-state index in [0.29, 0.717) is 50.5 Å². The van der Waals surface area contributed by atoms with Crippen LogP contribution in [0.2, 0.25) is 0 Å². The molecule has 0 aliphatic heterocycles. The second kappa shape index (κ2) is 8.63. The number of para-hydroxylation sites is 1. The summed E-state index contributed by atoms with van der Waals surface area (Å²) in [5.74, 6) is -0.287. The molecule has 6 rings (SSSR count). The maximum absolute atomic E-state index is 13.2. The van der Waals surface area contributed by atoms with Crippen LogP contribution in [0.25, 0.3) is 44.7 Å². The van der Waals surface area contributed by atoms with E-state index in [1.54, 1.807) is 66.7 Å². The van der Waals surface area contributed by atoms with Crippen molar-refractivity contribution in [2.75, 3.05) is 5.32 Å². The van der Waals surface area contributed by atoms with E-state index in [0.717, 1.165) is 5.39 Å². The highest BCUT2D eigenvalue weighted by molar-refractivity contribution is 6.05. The number of aromatic nitrogens is 1. The first-order chi connectivity index (χ1) is 17.5. The van der Waals surface area contributed by atoms with Crippen molar-refractivity contribution < 1.29 is 18.0 Å². The summed E-state index contributed by atoms with van der Waals surface area (Å²) in [4.78, 5) is 29.7. The lowest BCUT2D eigenvalue weighted by Crippen LogP contribution is -2.11. The molecule has 0 radical (unpaired) electrons. The Bertz CT molecular complexity index is 1800. The summed E-state index contributed by atoms with van der Waals surface area (Å²) in [5, 5.41) is 3.67. The number of amides is 1. The van der Waals surface area contributed by atoms with E-state index in [2.05, 4.69) is 10.3 Å². The third kappa shape index (κ3) is 4.03. The third-order valence-electron chi connectivity index (χ3n) is 5.84. The van der Waals surface area contributed by atoms with Crippen molar-refractivity contribution in [3.63, 3.8) is 0 Å². The van der Waals surface area contributed by atoms with Crippen molar-refractivity contribution in [3.8, 4) is 22.6 Å². The van der Waals surface area contributed by atoms with Crippen LogP contribution >= 0.6 is 0 Å². The molecule has 4 aromatic carbocycles. The fourth-order valence-electron chi connectivity index (χ4n) is 3.99. The van der Waals surface area contributed by atoms with Gasteiger partial charge >= 0.3 is 5.63 Å². The highest BCUT2D eigenvalue weighted by Gasteiger charge is 2.13. The molecule has 0 unspecified atom stereocenters. The number of oxazole rings is 1. The van der Waals surface area contributed by atoms with Gasteiger partial charge in [-0.2, -0.15) is 0 Å². The molecule has 0 aliphatic rings. The molecule has 6 nitrogen and oxygen atoms in total. The van der Waals surface area contributed by atoms with Gasteiger partial charge in [0.05, 0.1) is 5.56 Å². The fourth-order valence-corrected chi connectivity index (χ4v) is 3.99. The molecule has 6 aromatic rings. The predicted molar refractivity (Wildman–Crippen MR) is 135 cm³/mol. The van der Waals surface area contributed by atoms with Crippen LogP contribution in [-0.4, -0.2) is 10.9 Å². The van der Waals surface area contributed by atoms with Gasteiger partial charge in [0.2, 0.25) is 5.89 Å². The number of nitrogens with zero attached hydrogens (tertiary/aromatic N) is 1. The van der Waals surface area contributed by atoms with E-state index in [9.17, 15) is 14.0 Å². The first-order valence-electron chi connectivity index (χ1n) is 11.1. The lowest BCUT2D eigenvalue weighted by Gasteiger charge is -2.07. The Hall–Kier alpha value is -5.04. The zero-order chi connectivity index (χ0) is 24.6. The number of fused-ring (bicyclic) bond motifs is 2. The number of rotatable bonds is 4. The van der Waals surface area contributed by atoms with Gasteiger partial charge in [0, 0.05) is 22.2 Å². The van der Waals surface area contributed by atoms with E-state index in [-0.39, 0.29) is 11.7 Å². The van der Waals surface area contributed by atoms with Gasteiger partial charge in [-0.05, 0) is 72.3 Å². The molecule has 1 amide bonds. The number of hydrogen-bond acceptors (Lipinski definition) is 5. The summed E-state index contributed by atoms with van der Waals surface area (Å²) >= 11 is 0. The van der Waals surface area contributed by atoms with Gasteiger partial charge in [-0.15, -0.1) is 0 Å². The molecule has 36 heavy (non-hydrogen) atoms. The number of benzene rings is 4. The van der Waals surface area contributed by atoms with Crippen LogP contribution in [0.15, 0.2) is 111 Å². The highest BCUT2D eigenvalue weighted by atomic mass is 19.1. The summed E-state index contributed by atoms with van der Waals surface area (Å²) in [7, 11) is 0. The van der Waals surface area contributed by atoms with Crippen LogP contribution in [0.1, 0.15) is 10.4 Å².